The summed E-state index contributed by atoms with van der Waals surface area (Å²) in [4.78, 5) is 49.6. The topological polar surface area (TPSA) is 109 Å². The second-order valence-electron chi connectivity index (χ2n) is 10.8. The van der Waals surface area contributed by atoms with E-state index in [1.165, 1.54) is 0 Å². The van der Waals surface area contributed by atoms with Crippen LogP contribution < -0.4 is 5.32 Å². The highest BCUT2D eigenvalue weighted by Gasteiger charge is 2.51. The van der Waals surface area contributed by atoms with Crippen molar-refractivity contribution in [3.63, 3.8) is 0 Å². The number of carbonyl (C=O) groups is 3. The van der Waals surface area contributed by atoms with Crippen LogP contribution in [0.25, 0.3) is 10.9 Å². The molecule has 2 saturated heterocycles. The Morgan fingerprint density at radius 1 is 0.955 bits per heavy atom. The minimum Gasteiger partial charge on any atom is -0.508 e. The molecule has 4 amide bonds. The van der Waals surface area contributed by atoms with Gasteiger partial charge in [-0.05, 0) is 34.9 Å². The van der Waals surface area contributed by atoms with Gasteiger partial charge >= 0.3 is 6.03 Å². The van der Waals surface area contributed by atoms with Gasteiger partial charge < -0.3 is 20.2 Å². The third kappa shape index (κ3) is 6.07. The Kier molecular flexibility index (Phi) is 9.10. The highest BCUT2D eigenvalue weighted by Crippen LogP contribution is 2.30. The summed E-state index contributed by atoms with van der Waals surface area (Å²) in [5.41, 5.74) is 3.45. The summed E-state index contributed by atoms with van der Waals surface area (Å²) in [7, 11) is 0. The average molecular weight is 595 g/mol. The first-order chi connectivity index (χ1) is 20.9. The van der Waals surface area contributed by atoms with Crippen molar-refractivity contribution in [3.05, 3.63) is 108 Å². The van der Waals surface area contributed by atoms with Crippen molar-refractivity contribution in [2.45, 2.75) is 46.1 Å². The standard InChI is InChI=1S/C33H34N6O4.CH4/c1-2-37-22-30(41)38-28(18-23-13-15-27(40)16-14-23)32(42)36(20-26-11-6-10-25-12-7-17-34-31(25)26)21-29(38)39(37)33(43)35-19-24-8-4-3-5-9-24;/h3-17,28-29,40H,2,18-22H2,1H3,(H,35,43);1H4/t28-,29-;/m0./s1. The van der Waals surface area contributed by atoms with Gasteiger partial charge in [0.2, 0.25) is 11.8 Å². The number of aromatic hydroxyl groups is 1. The number of pyridine rings is 1. The van der Waals surface area contributed by atoms with Crippen LogP contribution in [-0.2, 0) is 29.1 Å². The van der Waals surface area contributed by atoms with Crippen molar-refractivity contribution >= 4 is 28.7 Å². The number of phenolic OH excluding ortho intramolecular Hbond substituents is 1. The lowest BCUT2D eigenvalue weighted by atomic mass is 9.98. The zero-order valence-corrected chi connectivity index (χ0v) is 24.0. The molecule has 0 unspecified atom stereocenters. The highest BCUT2D eigenvalue weighted by molar-refractivity contribution is 5.92. The molecule has 1 aromatic heterocycles. The van der Waals surface area contributed by atoms with Gasteiger partial charge in [-0.15, -0.1) is 0 Å². The van der Waals surface area contributed by atoms with Gasteiger partial charge in [0.25, 0.3) is 0 Å². The number of rotatable bonds is 7. The van der Waals surface area contributed by atoms with E-state index in [1.54, 1.807) is 50.3 Å². The third-order valence-electron chi connectivity index (χ3n) is 8.13. The second-order valence-corrected chi connectivity index (χ2v) is 10.8. The van der Waals surface area contributed by atoms with Gasteiger partial charge in [-0.1, -0.05) is 81.1 Å². The summed E-state index contributed by atoms with van der Waals surface area (Å²) in [6.45, 7) is 3.09. The number of amides is 4. The van der Waals surface area contributed by atoms with E-state index in [4.69, 9.17) is 0 Å². The van der Waals surface area contributed by atoms with Crippen molar-refractivity contribution in [3.8, 4) is 5.75 Å². The molecule has 3 heterocycles. The Balaban J connectivity index is 0.00000384. The number of benzene rings is 3. The van der Waals surface area contributed by atoms with Gasteiger partial charge in [0.1, 0.15) is 18.0 Å². The molecule has 10 nitrogen and oxygen atoms in total. The van der Waals surface area contributed by atoms with Crippen LogP contribution in [0.4, 0.5) is 4.79 Å². The van der Waals surface area contributed by atoms with Gasteiger partial charge in [-0.3, -0.25) is 14.6 Å². The molecule has 2 fully saturated rings. The Morgan fingerprint density at radius 3 is 2.45 bits per heavy atom. The lowest BCUT2D eigenvalue weighted by Crippen LogP contribution is -2.76. The van der Waals surface area contributed by atoms with E-state index in [0.29, 0.717) is 13.1 Å². The molecule has 2 atom stereocenters. The minimum absolute atomic E-state index is 0. The fourth-order valence-corrected chi connectivity index (χ4v) is 6.02. The third-order valence-corrected chi connectivity index (χ3v) is 8.13. The molecule has 0 aliphatic carbocycles. The fourth-order valence-electron chi connectivity index (χ4n) is 6.02. The number of likely N-dealkylation sites (N-methyl/N-ethyl adjacent to an activating group) is 1. The number of phenols is 1. The molecular weight excluding hydrogens is 556 g/mol. The lowest BCUT2D eigenvalue weighted by Gasteiger charge is -2.55. The normalized spacial score (nSPS) is 18.6. The number of nitrogens with one attached hydrogen (secondary N) is 1. The van der Waals surface area contributed by atoms with Crippen LogP contribution in [0.1, 0.15) is 31.0 Å². The first kappa shape index (κ1) is 30.5. The summed E-state index contributed by atoms with van der Waals surface area (Å²) in [6, 6.07) is 24.9. The van der Waals surface area contributed by atoms with Crippen molar-refractivity contribution in [2.24, 2.45) is 0 Å². The molecule has 10 heteroatoms. The van der Waals surface area contributed by atoms with Crippen molar-refractivity contribution in [1.82, 2.24) is 30.1 Å². The van der Waals surface area contributed by atoms with E-state index in [-0.39, 0.29) is 57.1 Å². The SMILES string of the molecule is C.CCN1CC(=O)N2[C@@H](Cc3ccc(O)cc3)C(=O)N(Cc3cccc4cccnc34)C[C@@H]2N1C(=O)NCc1ccccc1. The molecule has 228 valence electrons. The van der Waals surface area contributed by atoms with Gasteiger partial charge in [-0.2, -0.15) is 0 Å². The van der Waals surface area contributed by atoms with E-state index in [1.807, 2.05) is 67.6 Å². The fraction of sp³-hybridized carbons (Fsp3) is 0.294. The summed E-state index contributed by atoms with van der Waals surface area (Å²) in [6.07, 6.45) is 1.27. The molecule has 6 rings (SSSR count). The smallest absolute Gasteiger partial charge is 0.334 e. The monoisotopic (exact) mass is 594 g/mol. The largest absolute Gasteiger partial charge is 0.508 e. The number of urea groups is 1. The van der Waals surface area contributed by atoms with E-state index < -0.39 is 12.2 Å². The Morgan fingerprint density at radius 2 is 1.70 bits per heavy atom. The highest BCUT2D eigenvalue weighted by atomic mass is 16.3. The van der Waals surface area contributed by atoms with Crippen LogP contribution in [0, 0.1) is 0 Å². The Labute approximate surface area is 257 Å². The van der Waals surface area contributed by atoms with Crippen LogP contribution in [0.5, 0.6) is 5.75 Å². The van der Waals surface area contributed by atoms with Crippen LogP contribution in [-0.4, -0.2) is 79.6 Å². The maximum Gasteiger partial charge on any atom is 0.334 e. The first-order valence-electron chi connectivity index (χ1n) is 14.5. The average Bonchev–Trinajstić information content (AvgIpc) is 3.03. The zero-order valence-electron chi connectivity index (χ0n) is 24.0. The summed E-state index contributed by atoms with van der Waals surface area (Å²) >= 11 is 0. The van der Waals surface area contributed by atoms with E-state index in [0.717, 1.165) is 27.6 Å². The molecule has 0 saturated carbocycles. The number of hydrogen-bond donors (Lipinski definition) is 2. The number of carbonyl (C=O) groups excluding carboxylic acids is 3. The second kappa shape index (κ2) is 13.1. The molecule has 0 spiro atoms. The molecule has 2 N–H and O–H groups in total. The molecule has 0 radical (unpaired) electrons. The van der Waals surface area contributed by atoms with E-state index in [9.17, 15) is 19.5 Å². The van der Waals surface area contributed by atoms with Gasteiger partial charge in [-0.25, -0.2) is 14.8 Å². The van der Waals surface area contributed by atoms with E-state index in [2.05, 4.69) is 10.3 Å². The maximum absolute atomic E-state index is 14.2. The van der Waals surface area contributed by atoms with Crippen molar-refractivity contribution in [2.75, 3.05) is 19.6 Å². The Hall–Kier alpha value is -4.96. The van der Waals surface area contributed by atoms with Crippen LogP contribution in [0.15, 0.2) is 91.1 Å². The van der Waals surface area contributed by atoms with Crippen LogP contribution >= 0.6 is 0 Å². The molecule has 2 aliphatic rings. The van der Waals surface area contributed by atoms with E-state index >= 15 is 0 Å². The van der Waals surface area contributed by atoms with Crippen LogP contribution in [0.2, 0.25) is 0 Å². The van der Waals surface area contributed by atoms with Crippen LogP contribution in [0.3, 0.4) is 0 Å². The van der Waals surface area contributed by atoms with Gasteiger partial charge in [0.05, 0.1) is 18.6 Å². The number of aromatic nitrogens is 1. The van der Waals surface area contributed by atoms with Crippen molar-refractivity contribution < 1.29 is 19.5 Å². The number of hydrazine groups is 1. The maximum atomic E-state index is 14.2. The number of piperazine rings is 1. The summed E-state index contributed by atoms with van der Waals surface area (Å²) < 4.78 is 0. The van der Waals surface area contributed by atoms with Gasteiger partial charge in [0.15, 0.2) is 0 Å². The number of hydrogen-bond acceptors (Lipinski definition) is 6. The van der Waals surface area contributed by atoms with Gasteiger partial charge in [0, 0.05) is 37.6 Å². The number of fused-ring (bicyclic) bond motifs is 2. The zero-order chi connectivity index (χ0) is 29.9. The summed E-state index contributed by atoms with van der Waals surface area (Å²) in [5, 5.41) is 17.2. The molecule has 44 heavy (non-hydrogen) atoms. The number of para-hydroxylation sites is 1. The molecule has 3 aromatic carbocycles. The molecule has 2 aliphatic heterocycles. The quantitative estimate of drug-likeness (QED) is 0.333. The predicted octanol–water partition coefficient (Wildman–Crippen LogP) is 4.15. The minimum atomic E-state index is -0.831. The summed E-state index contributed by atoms with van der Waals surface area (Å²) in [5.74, 6) is -0.279. The number of nitrogens with zero attached hydrogens (tertiary/aromatic N) is 5. The van der Waals surface area contributed by atoms with Crippen molar-refractivity contribution in [1.29, 1.82) is 0 Å². The lowest BCUT2D eigenvalue weighted by molar-refractivity contribution is -0.190. The molecular formula is C34H38N6O4. The predicted molar refractivity (Wildman–Crippen MR) is 168 cm³/mol. The molecule has 0 bridgehead atoms. The first-order valence-corrected chi connectivity index (χ1v) is 14.5. The Bertz CT molecular complexity index is 1620. The molecule has 4 aromatic rings.